The summed E-state index contributed by atoms with van der Waals surface area (Å²) in [4.78, 5) is 49.4. The van der Waals surface area contributed by atoms with Crippen LogP contribution in [0.15, 0.2) is 60.7 Å². The first kappa shape index (κ1) is 34.3. The number of ether oxygens (including phenoxy) is 1. The molecule has 11 heteroatoms. The van der Waals surface area contributed by atoms with Crippen LogP contribution < -0.4 is 5.32 Å². The molecule has 1 saturated carbocycles. The fourth-order valence-electron chi connectivity index (χ4n) is 5.29. The van der Waals surface area contributed by atoms with E-state index in [0.29, 0.717) is 38.5 Å². The van der Waals surface area contributed by atoms with Gasteiger partial charge in [0.25, 0.3) is 5.91 Å². The summed E-state index contributed by atoms with van der Waals surface area (Å²) in [5.74, 6) is -1.70. The first-order valence-electron chi connectivity index (χ1n) is 15.2. The molecule has 0 heterocycles. The van der Waals surface area contributed by atoms with Gasteiger partial charge >= 0.3 is 19.7 Å². The maximum absolute atomic E-state index is 13.7. The quantitative estimate of drug-likeness (QED) is 0.138. The van der Waals surface area contributed by atoms with Gasteiger partial charge in [-0.15, -0.1) is 0 Å². The number of nitrogens with zero attached hydrogens (tertiary/aromatic N) is 1. The Labute approximate surface area is 254 Å². The van der Waals surface area contributed by atoms with Gasteiger partial charge in [-0.05, 0) is 62.5 Å². The summed E-state index contributed by atoms with van der Waals surface area (Å²) in [6.07, 6.45) is 5.19. The van der Waals surface area contributed by atoms with E-state index in [9.17, 15) is 28.9 Å². The summed E-state index contributed by atoms with van der Waals surface area (Å²) in [5, 5.41) is 12.2. The van der Waals surface area contributed by atoms with E-state index in [4.69, 9.17) is 9.26 Å². The summed E-state index contributed by atoms with van der Waals surface area (Å²) in [6, 6.07) is 18.9. The van der Waals surface area contributed by atoms with E-state index >= 15 is 0 Å². The maximum atomic E-state index is 13.7. The number of carboxylic acid groups (broad SMARTS) is 1. The topological polar surface area (TPSA) is 142 Å². The van der Waals surface area contributed by atoms with E-state index in [2.05, 4.69) is 5.32 Å². The van der Waals surface area contributed by atoms with Gasteiger partial charge in [-0.25, -0.2) is 4.79 Å². The van der Waals surface area contributed by atoms with Gasteiger partial charge in [0.05, 0.1) is 6.16 Å². The van der Waals surface area contributed by atoms with Crippen LogP contribution in [0.3, 0.4) is 0 Å². The second-order valence-corrected chi connectivity index (χ2v) is 13.0. The second kappa shape index (κ2) is 18.5. The molecule has 1 unspecified atom stereocenters. The Morgan fingerprint density at radius 2 is 1.56 bits per heavy atom. The van der Waals surface area contributed by atoms with Crippen LogP contribution in [0.2, 0.25) is 0 Å². The number of hydrogen-bond acceptors (Lipinski definition) is 6. The predicted molar refractivity (Wildman–Crippen MR) is 164 cm³/mol. The molecule has 2 aromatic rings. The highest BCUT2D eigenvalue weighted by Crippen LogP contribution is 2.45. The molecule has 0 spiro atoms. The number of alkyl carbamates (subject to hydrolysis) is 1. The number of nitrogens with one attached hydrogen (secondary N) is 1. The van der Waals surface area contributed by atoms with Crippen molar-refractivity contribution in [3.05, 3.63) is 71.8 Å². The minimum Gasteiger partial charge on any atom is -0.480 e. The summed E-state index contributed by atoms with van der Waals surface area (Å²) < 4.78 is 23.9. The largest absolute Gasteiger partial charge is 0.480 e. The Hall–Kier alpha value is -3.20. The molecule has 1 aliphatic rings. The lowest BCUT2D eigenvalue weighted by Gasteiger charge is -2.35. The van der Waals surface area contributed by atoms with Gasteiger partial charge in [-0.1, -0.05) is 79.9 Å². The molecule has 236 valence electrons. The molecule has 3 rings (SSSR count). The SMILES string of the molecule is O=C(O)CN(C(=O)[C@H](CCCCNC(=O)OCc1ccccc1)OP(=O)(O)CCCCc1ccccc1)C1CCCCC1. The van der Waals surface area contributed by atoms with Crippen molar-refractivity contribution in [2.24, 2.45) is 0 Å². The molecule has 1 aliphatic carbocycles. The third kappa shape index (κ3) is 13.3. The number of unbranched alkanes of at least 4 members (excludes halogenated alkanes) is 2. The zero-order valence-electron chi connectivity index (χ0n) is 24.8. The molecular formula is C32H45N2O8P. The van der Waals surface area contributed by atoms with Gasteiger partial charge in [0.15, 0.2) is 0 Å². The number of aryl methyl sites for hydroxylation is 1. The molecule has 0 bridgehead atoms. The molecule has 3 N–H and O–H groups in total. The zero-order valence-corrected chi connectivity index (χ0v) is 25.7. The fraction of sp³-hybridized carbons (Fsp3) is 0.531. The molecule has 2 amide bonds. The third-order valence-corrected chi connectivity index (χ3v) is 9.01. The first-order chi connectivity index (χ1) is 20.7. The molecule has 0 aliphatic heterocycles. The van der Waals surface area contributed by atoms with Gasteiger partial charge in [0.2, 0.25) is 0 Å². The number of rotatable bonds is 18. The van der Waals surface area contributed by atoms with Crippen LogP contribution >= 0.6 is 7.60 Å². The van der Waals surface area contributed by atoms with E-state index in [1.165, 1.54) is 4.90 Å². The number of carbonyl (C=O) groups is 3. The van der Waals surface area contributed by atoms with Crippen LogP contribution in [-0.4, -0.2) is 64.3 Å². The monoisotopic (exact) mass is 616 g/mol. The number of carboxylic acids is 1. The van der Waals surface area contributed by atoms with Crippen molar-refractivity contribution in [2.45, 2.75) is 89.4 Å². The van der Waals surface area contributed by atoms with E-state index in [0.717, 1.165) is 36.8 Å². The molecule has 2 aromatic carbocycles. The molecule has 1 fully saturated rings. The van der Waals surface area contributed by atoms with Crippen molar-refractivity contribution in [1.29, 1.82) is 0 Å². The molecule has 0 aromatic heterocycles. The smallest absolute Gasteiger partial charge is 0.407 e. The number of carbonyl (C=O) groups excluding carboxylic acids is 2. The standard InChI is InChI=1S/C32H45N2O8P/c35-30(36)24-34(28-19-8-3-9-20-28)31(37)29(42-43(39,40)23-13-11-16-26-14-4-1-5-15-26)21-10-12-22-33-32(38)41-25-27-17-6-2-7-18-27/h1-2,4-7,14-15,17-18,28-29H,3,8-13,16,19-25H2,(H,33,38)(H,35,36)(H,39,40)/t29-/m0/s1. The van der Waals surface area contributed by atoms with Gasteiger partial charge in [0.1, 0.15) is 19.3 Å². The Bertz CT molecular complexity index is 1170. The Morgan fingerprint density at radius 1 is 0.907 bits per heavy atom. The molecular weight excluding hydrogens is 571 g/mol. The van der Waals surface area contributed by atoms with Crippen LogP contribution in [0.1, 0.15) is 75.3 Å². The minimum atomic E-state index is -4.13. The van der Waals surface area contributed by atoms with E-state index in [-0.39, 0.29) is 31.8 Å². The van der Waals surface area contributed by atoms with Crippen molar-refractivity contribution in [1.82, 2.24) is 10.2 Å². The molecule has 2 atom stereocenters. The van der Waals surface area contributed by atoms with Crippen molar-refractivity contribution in [2.75, 3.05) is 19.3 Å². The lowest BCUT2D eigenvalue weighted by atomic mass is 9.93. The lowest BCUT2D eigenvalue weighted by molar-refractivity contribution is -0.151. The van der Waals surface area contributed by atoms with Crippen LogP contribution in [0.5, 0.6) is 0 Å². The normalized spacial score (nSPS) is 15.7. The number of aliphatic carboxylic acids is 1. The van der Waals surface area contributed by atoms with Crippen LogP contribution in [-0.2, 0) is 36.4 Å². The van der Waals surface area contributed by atoms with Crippen molar-refractivity contribution in [3.63, 3.8) is 0 Å². The third-order valence-electron chi connectivity index (χ3n) is 7.55. The van der Waals surface area contributed by atoms with Gasteiger partial charge < -0.3 is 25.0 Å². The molecule has 0 radical (unpaired) electrons. The van der Waals surface area contributed by atoms with E-state index < -0.39 is 38.2 Å². The highest BCUT2D eigenvalue weighted by molar-refractivity contribution is 7.52. The average molecular weight is 617 g/mol. The summed E-state index contributed by atoms with van der Waals surface area (Å²) in [5.41, 5.74) is 2.01. The molecule has 10 nitrogen and oxygen atoms in total. The Kier molecular flexibility index (Phi) is 14.7. The maximum Gasteiger partial charge on any atom is 0.407 e. The van der Waals surface area contributed by atoms with E-state index in [1.54, 1.807) is 0 Å². The lowest BCUT2D eigenvalue weighted by Crippen LogP contribution is -2.49. The number of hydrogen-bond donors (Lipinski definition) is 3. The number of amides is 2. The summed E-state index contributed by atoms with van der Waals surface area (Å²) >= 11 is 0. The Balaban J connectivity index is 1.55. The van der Waals surface area contributed by atoms with Gasteiger partial charge in [0, 0.05) is 12.6 Å². The van der Waals surface area contributed by atoms with Crippen LogP contribution in [0, 0.1) is 0 Å². The predicted octanol–water partition coefficient (Wildman–Crippen LogP) is 5.92. The van der Waals surface area contributed by atoms with Crippen molar-refractivity contribution in [3.8, 4) is 0 Å². The fourth-order valence-corrected chi connectivity index (χ4v) is 6.61. The molecule has 43 heavy (non-hydrogen) atoms. The van der Waals surface area contributed by atoms with Gasteiger partial charge in [-0.2, -0.15) is 0 Å². The summed E-state index contributed by atoms with van der Waals surface area (Å²) in [6.45, 7) is -0.0496. The van der Waals surface area contributed by atoms with Crippen molar-refractivity contribution < 1.29 is 38.2 Å². The number of benzene rings is 2. The van der Waals surface area contributed by atoms with Gasteiger partial charge in [-0.3, -0.25) is 18.7 Å². The first-order valence-corrected chi connectivity index (χ1v) is 17.0. The highest BCUT2D eigenvalue weighted by Gasteiger charge is 2.36. The molecule has 0 saturated heterocycles. The van der Waals surface area contributed by atoms with Crippen LogP contribution in [0.4, 0.5) is 4.79 Å². The Morgan fingerprint density at radius 3 is 2.21 bits per heavy atom. The summed E-state index contributed by atoms with van der Waals surface area (Å²) in [7, 11) is -4.13. The minimum absolute atomic E-state index is 0.0964. The highest BCUT2D eigenvalue weighted by atomic mass is 31.2. The van der Waals surface area contributed by atoms with Crippen LogP contribution in [0.25, 0.3) is 0 Å². The zero-order chi connectivity index (χ0) is 30.9. The van der Waals surface area contributed by atoms with Crippen molar-refractivity contribution >= 4 is 25.6 Å². The average Bonchev–Trinajstić information content (AvgIpc) is 3.01. The van der Waals surface area contributed by atoms with E-state index in [1.807, 2.05) is 60.7 Å². The second-order valence-electron chi connectivity index (χ2n) is 11.0.